The third kappa shape index (κ3) is 10.8. The minimum absolute atomic E-state index is 0.000230. The van der Waals surface area contributed by atoms with E-state index in [9.17, 15) is 14.7 Å². The van der Waals surface area contributed by atoms with Crippen molar-refractivity contribution in [2.75, 3.05) is 25.5 Å². The van der Waals surface area contributed by atoms with Crippen LogP contribution in [-0.2, 0) is 9.59 Å². The minimum atomic E-state index is -1.23. The van der Waals surface area contributed by atoms with Gasteiger partial charge in [0.15, 0.2) is 0 Å². The molecule has 0 aliphatic carbocycles. The van der Waals surface area contributed by atoms with Crippen LogP contribution in [0.4, 0.5) is 0 Å². The summed E-state index contributed by atoms with van der Waals surface area (Å²) in [4.78, 5) is 20.6. The number of hydrogen-bond donors (Lipinski definition) is 6. The van der Waals surface area contributed by atoms with Gasteiger partial charge in [-0.15, -0.1) is 0 Å². The first-order chi connectivity index (χ1) is 8.72. The maximum atomic E-state index is 11.3. The van der Waals surface area contributed by atoms with Crippen LogP contribution in [0.3, 0.4) is 0 Å². The molecule has 0 spiro atoms. The summed E-state index contributed by atoms with van der Waals surface area (Å²) in [5.74, 6) is -1.48. The third-order valence-electron chi connectivity index (χ3n) is 2.17. The molecule has 7 nitrogen and oxygen atoms in total. The third-order valence-corrected chi connectivity index (χ3v) is 2.44. The molecule has 0 rings (SSSR count). The van der Waals surface area contributed by atoms with E-state index in [1.165, 1.54) is 0 Å². The molecule has 0 aromatic heterocycles. The Morgan fingerprint density at radius 2 is 1.79 bits per heavy atom. The van der Waals surface area contributed by atoms with E-state index >= 15 is 0 Å². The van der Waals surface area contributed by atoms with Crippen LogP contribution in [0.2, 0.25) is 0 Å². The summed E-state index contributed by atoms with van der Waals surface area (Å²) in [5, 5.41) is 37.0. The maximum absolute atomic E-state index is 11.3. The maximum Gasteiger partial charge on any atom is 0.313 e. The van der Waals surface area contributed by atoms with Gasteiger partial charge >= 0.3 is 5.97 Å². The second-order valence-corrected chi connectivity index (χ2v) is 4.79. The molecule has 8 heteroatoms. The quantitative estimate of drug-likeness (QED) is 0.261. The highest BCUT2D eigenvalue weighted by Crippen LogP contribution is 2.19. The van der Waals surface area contributed by atoms with Crippen molar-refractivity contribution in [3.05, 3.63) is 0 Å². The summed E-state index contributed by atoms with van der Waals surface area (Å²) in [7, 11) is 0. The number of hydrogen-bond acceptors (Lipinski definition) is 6. The molecule has 0 bridgehead atoms. The number of carbonyl (C=O) groups is 2. The van der Waals surface area contributed by atoms with Gasteiger partial charge in [0, 0.05) is 18.6 Å². The summed E-state index contributed by atoms with van der Waals surface area (Å²) in [6.45, 7) is 3.27. The van der Waals surface area contributed by atoms with Crippen molar-refractivity contribution in [3.8, 4) is 0 Å². The number of carboxylic acid groups (broad SMARTS) is 1. The first kappa shape index (κ1) is 20.5. The van der Waals surface area contributed by atoms with E-state index in [2.05, 4.69) is 17.9 Å². The Morgan fingerprint density at radius 1 is 1.32 bits per heavy atom. The van der Waals surface area contributed by atoms with Crippen molar-refractivity contribution in [2.24, 2.45) is 5.41 Å². The zero-order valence-electron chi connectivity index (χ0n) is 11.2. The average Bonchev–Trinajstić information content (AvgIpc) is 2.38. The molecule has 0 fully saturated rings. The Balaban J connectivity index is 0. The molecule has 1 atom stereocenters. The first-order valence-corrected chi connectivity index (χ1v) is 6.36. The van der Waals surface area contributed by atoms with Gasteiger partial charge in [-0.2, -0.15) is 12.6 Å². The van der Waals surface area contributed by atoms with E-state index in [0.29, 0.717) is 13.0 Å². The highest BCUT2D eigenvalue weighted by Gasteiger charge is 2.32. The van der Waals surface area contributed by atoms with E-state index in [-0.39, 0.29) is 19.0 Å². The number of carboxylic acids is 1. The highest BCUT2D eigenvalue weighted by molar-refractivity contribution is 7.81. The number of rotatable bonds is 7. The van der Waals surface area contributed by atoms with Crippen LogP contribution in [-0.4, -0.2) is 63.9 Å². The van der Waals surface area contributed by atoms with Crippen LogP contribution in [0.25, 0.3) is 0 Å². The fourth-order valence-electron chi connectivity index (χ4n) is 0.829. The van der Waals surface area contributed by atoms with E-state index in [1.807, 2.05) is 0 Å². The molecule has 1 amide bonds. The van der Waals surface area contributed by atoms with Gasteiger partial charge in [-0.1, -0.05) is 13.8 Å². The van der Waals surface area contributed by atoms with E-state index in [1.54, 1.807) is 13.8 Å². The number of amides is 1. The van der Waals surface area contributed by atoms with Crippen LogP contribution >= 0.6 is 12.6 Å². The summed E-state index contributed by atoms with van der Waals surface area (Å²) < 4.78 is 0. The molecular weight excluding hydrogens is 274 g/mol. The van der Waals surface area contributed by atoms with Crippen LogP contribution in [0.15, 0.2) is 0 Å². The summed E-state index contributed by atoms with van der Waals surface area (Å²) in [5.41, 5.74) is -0.844. The van der Waals surface area contributed by atoms with E-state index in [4.69, 9.17) is 15.3 Å². The molecule has 1 unspecified atom stereocenters. The van der Waals surface area contributed by atoms with Gasteiger partial charge < -0.3 is 25.7 Å². The van der Waals surface area contributed by atoms with Crippen molar-refractivity contribution in [1.82, 2.24) is 5.32 Å². The molecule has 0 aliphatic heterocycles. The predicted molar refractivity (Wildman–Crippen MR) is 73.1 cm³/mol. The van der Waals surface area contributed by atoms with Gasteiger partial charge in [-0.3, -0.25) is 9.59 Å². The lowest BCUT2D eigenvalue weighted by Crippen LogP contribution is -2.45. The number of carbonyl (C=O) groups excluding carboxylic acids is 1. The van der Waals surface area contributed by atoms with Gasteiger partial charge in [0.05, 0.1) is 12.4 Å². The Morgan fingerprint density at radius 3 is 2.11 bits per heavy atom. The Labute approximate surface area is 118 Å². The van der Waals surface area contributed by atoms with Crippen molar-refractivity contribution in [3.63, 3.8) is 0 Å². The summed E-state index contributed by atoms with van der Waals surface area (Å²) in [6.07, 6.45) is -0.774. The molecule has 0 aromatic carbocycles. The lowest BCUT2D eigenvalue weighted by Gasteiger charge is -2.27. The fourth-order valence-corrected chi connectivity index (χ4v) is 0.829. The predicted octanol–water partition coefficient (Wildman–Crippen LogP) is -1.13. The van der Waals surface area contributed by atoms with Crippen molar-refractivity contribution < 1.29 is 30.0 Å². The Bertz CT molecular complexity index is 272. The van der Waals surface area contributed by atoms with Gasteiger partial charge in [-0.25, -0.2) is 0 Å². The van der Waals surface area contributed by atoms with Gasteiger partial charge in [0.1, 0.15) is 6.10 Å². The van der Waals surface area contributed by atoms with Crippen LogP contribution < -0.4 is 5.32 Å². The number of aliphatic hydroxyl groups is 3. The molecule has 0 heterocycles. The molecule has 0 radical (unpaired) electrons. The largest absolute Gasteiger partial charge is 0.481 e. The smallest absolute Gasteiger partial charge is 0.313 e. The summed E-state index contributed by atoms with van der Waals surface area (Å²) in [6, 6.07) is 0. The zero-order valence-corrected chi connectivity index (χ0v) is 12.1. The van der Waals surface area contributed by atoms with Crippen LogP contribution in [0.5, 0.6) is 0 Å². The topological polar surface area (TPSA) is 127 Å². The molecular formula is C11H23NO6S. The minimum Gasteiger partial charge on any atom is -0.481 e. The van der Waals surface area contributed by atoms with Crippen LogP contribution in [0.1, 0.15) is 20.3 Å². The number of thiol groups is 1. The molecule has 19 heavy (non-hydrogen) atoms. The lowest BCUT2D eigenvalue weighted by molar-refractivity contribution is -0.137. The second kappa shape index (κ2) is 11.0. The Hall–Kier alpha value is -0.830. The van der Waals surface area contributed by atoms with E-state index < -0.39 is 23.4 Å². The molecule has 0 aliphatic rings. The molecule has 0 aromatic rings. The lowest BCUT2D eigenvalue weighted by atomic mass is 9.87. The summed E-state index contributed by atoms with van der Waals surface area (Å²) >= 11 is 3.42. The zero-order chi connectivity index (χ0) is 15.5. The first-order valence-electron chi connectivity index (χ1n) is 5.73. The fraction of sp³-hybridized carbons (Fsp3) is 0.818. The SMILES string of the molecule is CC(C)(CO)C(O)C(=O)NCCCO.O=C(O)CS. The highest BCUT2D eigenvalue weighted by atomic mass is 32.1. The second-order valence-electron chi connectivity index (χ2n) is 4.47. The van der Waals surface area contributed by atoms with Gasteiger partial charge in [-0.05, 0) is 6.42 Å². The van der Waals surface area contributed by atoms with Crippen molar-refractivity contribution in [2.45, 2.75) is 26.4 Å². The number of aliphatic carboxylic acids is 1. The molecule has 0 saturated heterocycles. The normalized spacial score (nSPS) is 12.1. The van der Waals surface area contributed by atoms with Crippen molar-refractivity contribution in [1.29, 1.82) is 0 Å². The standard InChI is InChI=1S/C9H19NO4.C2H4O2S/c1-9(2,6-12)7(13)8(14)10-4-3-5-11;3-2(4)1-5/h7,11-13H,3-6H2,1-2H3,(H,10,14);5H,1H2,(H,3,4). The molecule has 5 N–H and O–H groups in total. The molecule has 0 saturated carbocycles. The van der Waals surface area contributed by atoms with Crippen molar-refractivity contribution >= 4 is 24.5 Å². The van der Waals surface area contributed by atoms with Crippen LogP contribution in [0, 0.1) is 5.41 Å². The van der Waals surface area contributed by atoms with E-state index in [0.717, 1.165) is 0 Å². The van der Waals surface area contributed by atoms with Gasteiger partial charge in [0.25, 0.3) is 0 Å². The number of aliphatic hydroxyl groups excluding tert-OH is 3. The Kier molecular flexibility index (Phi) is 11.9. The average molecular weight is 297 g/mol. The molecule has 114 valence electrons. The number of nitrogens with one attached hydrogen (secondary N) is 1. The monoisotopic (exact) mass is 297 g/mol. The van der Waals surface area contributed by atoms with Gasteiger partial charge in [0.2, 0.25) is 5.91 Å².